The molecule has 1 rings (SSSR count). The fourth-order valence-electron chi connectivity index (χ4n) is 1.82. The summed E-state index contributed by atoms with van der Waals surface area (Å²) in [6, 6.07) is 6.77. The Balaban J connectivity index is 2.39. The molecule has 0 radical (unpaired) electrons. The summed E-state index contributed by atoms with van der Waals surface area (Å²) in [5.74, 6) is 0.524. The lowest BCUT2D eigenvalue weighted by molar-refractivity contribution is -0.144. The molecular weight excluding hydrogens is 270 g/mol. The first-order valence-corrected chi connectivity index (χ1v) is 7.16. The van der Waals surface area contributed by atoms with Gasteiger partial charge >= 0.3 is 5.97 Å². The minimum Gasteiger partial charge on any atom is -0.494 e. The molecule has 0 saturated heterocycles. The molecule has 0 bridgehead atoms. The van der Waals surface area contributed by atoms with Crippen LogP contribution in [0.4, 0.5) is 0 Å². The number of rotatable bonds is 9. The molecule has 0 aliphatic carbocycles. The Labute approximate surface area is 125 Å². The van der Waals surface area contributed by atoms with Crippen molar-refractivity contribution < 1.29 is 19.1 Å². The molecule has 1 aromatic rings. The maximum Gasteiger partial charge on any atom is 0.323 e. The van der Waals surface area contributed by atoms with E-state index in [1.165, 1.54) is 0 Å². The third-order valence-electron chi connectivity index (χ3n) is 2.91. The van der Waals surface area contributed by atoms with Gasteiger partial charge in [-0.3, -0.25) is 4.79 Å². The Morgan fingerprint density at radius 3 is 2.48 bits per heavy atom. The van der Waals surface area contributed by atoms with E-state index in [4.69, 9.17) is 15.2 Å². The van der Waals surface area contributed by atoms with Crippen LogP contribution in [-0.4, -0.2) is 31.0 Å². The Bertz CT molecular complexity index is 456. The largest absolute Gasteiger partial charge is 0.494 e. The van der Waals surface area contributed by atoms with Gasteiger partial charge in [0.25, 0.3) is 0 Å². The summed E-state index contributed by atoms with van der Waals surface area (Å²) in [7, 11) is 0. The number of ketones is 1. The van der Waals surface area contributed by atoms with Gasteiger partial charge in [0.2, 0.25) is 0 Å². The van der Waals surface area contributed by atoms with E-state index in [1.807, 2.05) is 24.3 Å². The van der Waals surface area contributed by atoms with Crippen molar-refractivity contribution in [3.05, 3.63) is 29.8 Å². The van der Waals surface area contributed by atoms with Gasteiger partial charge in [0, 0.05) is 6.42 Å². The monoisotopic (exact) mass is 293 g/mol. The zero-order valence-corrected chi connectivity index (χ0v) is 12.6. The van der Waals surface area contributed by atoms with Crippen LogP contribution in [0.2, 0.25) is 0 Å². The average Bonchev–Trinajstić information content (AvgIpc) is 2.45. The van der Waals surface area contributed by atoms with Crippen LogP contribution >= 0.6 is 0 Å². The van der Waals surface area contributed by atoms with Crippen molar-refractivity contribution >= 4 is 11.8 Å². The highest BCUT2D eigenvalue weighted by molar-refractivity contribution is 5.76. The number of nitrogens with two attached hydrogens (primary N) is 1. The smallest absolute Gasteiger partial charge is 0.323 e. The van der Waals surface area contributed by atoms with E-state index in [0.717, 1.165) is 11.3 Å². The van der Waals surface area contributed by atoms with Crippen molar-refractivity contribution in [2.75, 3.05) is 13.2 Å². The second kappa shape index (κ2) is 9.13. The molecule has 5 heteroatoms. The fourth-order valence-corrected chi connectivity index (χ4v) is 1.82. The highest BCUT2D eigenvalue weighted by Crippen LogP contribution is 2.14. The van der Waals surface area contributed by atoms with Gasteiger partial charge in [-0.25, -0.2) is 0 Å². The second-order valence-corrected chi connectivity index (χ2v) is 4.86. The van der Waals surface area contributed by atoms with Gasteiger partial charge in [0.1, 0.15) is 17.6 Å². The molecule has 0 heterocycles. The van der Waals surface area contributed by atoms with Gasteiger partial charge in [-0.2, -0.15) is 0 Å². The predicted molar refractivity (Wildman–Crippen MR) is 80.2 cm³/mol. The molecule has 0 fully saturated rings. The molecule has 0 aromatic heterocycles. The van der Waals surface area contributed by atoms with Gasteiger partial charge in [0.05, 0.1) is 13.2 Å². The Morgan fingerprint density at radius 2 is 1.90 bits per heavy atom. The molecule has 0 saturated carbocycles. The summed E-state index contributed by atoms with van der Waals surface area (Å²) in [5, 5.41) is 0. The van der Waals surface area contributed by atoms with E-state index in [2.05, 4.69) is 0 Å². The van der Waals surface area contributed by atoms with E-state index in [0.29, 0.717) is 32.5 Å². The first-order valence-electron chi connectivity index (χ1n) is 7.16. The lowest BCUT2D eigenvalue weighted by Crippen LogP contribution is -2.34. The zero-order valence-electron chi connectivity index (χ0n) is 12.6. The summed E-state index contributed by atoms with van der Waals surface area (Å²) in [6.07, 6.45) is 1.68. The number of benzene rings is 1. The van der Waals surface area contributed by atoms with E-state index in [9.17, 15) is 9.59 Å². The second-order valence-electron chi connectivity index (χ2n) is 4.86. The molecule has 1 unspecified atom stereocenters. The molecular formula is C16H23NO4. The van der Waals surface area contributed by atoms with Crippen LogP contribution in [-0.2, 0) is 20.7 Å². The van der Waals surface area contributed by atoms with Crippen LogP contribution in [0.3, 0.4) is 0 Å². The Morgan fingerprint density at radius 1 is 1.24 bits per heavy atom. The van der Waals surface area contributed by atoms with Crippen LogP contribution in [0.25, 0.3) is 0 Å². The molecule has 2 N–H and O–H groups in total. The third-order valence-corrected chi connectivity index (χ3v) is 2.91. The van der Waals surface area contributed by atoms with Crippen LogP contribution < -0.4 is 10.5 Å². The molecule has 1 aromatic carbocycles. The van der Waals surface area contributed by atoms with Gasteiger partial charge < -0.3 is 20.0 Å². The first-order chi connectivity index (χ1) is 10.0. The summed E-state index contributed by atoms with van der Waals surface area (Å²) in [6.45, 7) is 4.17. The normalized spacial score (nSPS) is 11.8. The number of carbonyl (C=O) groups excluding carboxylic acids is 2. The molecule has 5 nitrogen and oxygen atoms in total. The maximum absolute atomic E-state index is 11.4. The molecule has 0 spiro atoms. The molecule has 116 valence electrons. The SMILES string of the molecule is CCOC(=O)C(N)Cc1ccc(OCCCC(C)=O)cc1. The maximum atomic E-state index is 11.4. The van der Waals surface area contributed by atoms with Crippen molar-refractivity contribution in [2.45, 2.75) is 39.2 Å². The van der Waals surface area contributed by atoms with Gasteiger partial charge in [-0.05, 0) is 44.4 Å². The van der Waals surface area contributed by atoms with Gasteiger partial charge in [-0.1, -0.05) is 12.1 Å². The Hall–Kier alpha value is -1.88. The number of hydrogen-bond donors (Lipinski definition) is 1. The predicted octanol–water partition coefficient (Wildman–Crippen LogP) is 1.87. The van der Waals surface area contributed by atoms with Crippen molar-refractivity contribution in [1.82, 2.24) is 0 Å². The first kappa shape index (κ1) is 17.2. The lowest BCUT2D eigenvalue weighted by Gasteiger charge is -2.11. The lowest BCUT2D eigenvalue weighted by atomic mass is 10.1. The number of ether oxygens (including phenoxy) is 2. The van der Waals surface area contributed by atoms with Crippen LogP contribution in [0.5, 0.6) is 5.75 Å². The minimum absolute atomic E-state index is 0.168. The number of Topliss-reactive ketones (excluding diaryl/α,β-unsaturated/α-hetero) is 1. The molecule has 0 aliphatic rings. The third kappa shape index (κ3) is 6.90. The fraction of sp³-hybridized carbons (Fsp3) is 0.500. The quantitative estimate of drug-likeness (QED) is 0.555. The molecule has 0 amide bonds. The summed E-state index contributed by atoms with van der Waals surface area (Å²) >= 11 is 0. The van der Waals surface area contributed by atoms with E-state index in [1.54, 1.807) is 13.8 Å². The highest BCUT2D eigenvalue weighted by Gasteiger charge is 2.14. The average molecular weight is 293 g/mol. The topological polar surface area (TPSA) is 78.6 Å². The summed E-state index contributed by atoms with van der Waals surface area (Å²) in [4.78, 5) is 22.2. The van der Waals surface area contributed by atoms with Crippen molar-refractivity contribution in [2.24, 2.45) is 5.73 Å². The van der Waals surface area contributed by atoms with E-state index in [-0.39, 0.29) is 11.8 Å². The van der Waals surface area contributed by atoms with Gasteiger partial charge in [-0.15, -0.1) is 0 Å². The zero-order chi connectivity index (χ0) is 15.7. The number of esters is 1. The van der Waals surface area contributed by atoms with E-state index >= 15 is 0 Å². The number of carbonyl (C=O) groups is 2. The van der Waals surface area contributed by atoms with Crippen molar-refractivity contribution in [3.63, 3.8) is 0 Å². The molecule has 21 heavy (non-hydrogen) atoms. The summed E-state index contributed by atoms with van der Waals surface area (Å²) in [5.41, 5.74) is 6.71. The van der Waals surface area contributed by atoms with Crippen LogP contribution in [0, 0.1) is 0 Å². The molecule has 1 atom stereocenters. The van der Waals surface area contributed by atoms with E-state index < -0.39 is 6.04 Å². The summed E-state index contributed by atoms with van der Waals surface area (Å²) < 4.78 is 10.4. The Kier molecular flexibility index (Phi) is 7.46. The molecule has 0 aliphatic heterocycles. The number of hydrogen-bond acceptors (Lipinski definition) is 5. The van der Waals surface area contributed by atoms with Crippen molar-refractivity contribution in [1.29, 1.82) is 0 Å². The van der Waals surface area contributed by atoms with Gasteiger partial charge in [0.15, 0.2) is 0 Å². The standard InChI is InChI=1S/C16H23NO4/c1-3-20-16(19)15(17)11-13-6-8-14(9-7-13)21-10-4-5-12(2)18/h6-9,15H,3-5,10-11,17H2,1-2H3. The minimum atomic E-state index is -0.646. The highest BCUT2D eigenvalue weighted by atomic mass is 16.5. The van der Waals surface area contributed by atoms with Crippen LogP contribution in [0.15, 0.2) is 24.3 Å². The van der Waals surface area contributed by atoms with Crippen molar-refractivity contribution in [3.8, 4) is 5.75 Å². The van der Waals surface area contributed by atoms with Crippen LogP contribution in [0.1, 0.15) is 32.3 Å².